The summed E-state index contributed by atoms with van der Waals surface area (Å²) in [5, 5.41) is 0. The molecule has 0 saturated carbocycles. The van der Waals surface area contributed by atoms with Gasteiger partial charge in [0.05, 0.1) is 24.1 Å². The van der Waals surface area contributed by atoms with Gasteiger partial charge in [0.15, 0.2) is 0 Å². The third kappa shape index (κ3) is 3.06. The molecule has 0 saturated heterocycles. The van der Waals surface area contributed by atoms with Crippen molar-refractivity contribution in [3.05, 3.63) is 53.3 Å². The van der Waals surface area contributed by atoms with Gasteiger partial charge in [0.1, 0.15) is 12.4 Å². The molecule has 0 atom stereocenters. The Bertz CT molecular complexity index is 626. The lowest BCUT2D eigenvalue weighted by Gasteiger charge is -2.10. The molecule has 0 aliphatic carbocycles. The molecule has 1 aromatic carbocycles. The number of aryl methyl sites for hydroxylation is 1. The number of hydrogen-bond donors (Lipinski definition) is 1. The molecule has 0 radical (unpaired) electrons. The van der Waals surface area contributed by atoms with Crippen LogP contribution < -0.4 is 10.5 Å². The number of pyridine rings is 1. The predicted molar refractivity (Wildman–Crippen MR) is 75.5 cm³/mol. The number of anilines is 1. The molecule has 0 spiro atoms. The number of nitrogen functional groups attached to an aromatic ring is 1. The van der Waals surface area contributed by atoms with Crippen LogP contribution in [0.4, 0.5) is 5.69 Å². The summed E-state index contributed by atoms with van der Waals surface area (Å²) in [6, 6.07) is 8.64. The summed E-state index contributed by atoms with van der Waals surface area (Å²) < 4.78 is 10.3. The first kappa shape index (κ1) is 13.9. The number of carbonyl (C=O) groups excluding carboxylic acids is 1. The second-order valence-corrected chi connectivity index (χ2v) is 4.30. The molecule has 0 fully saturated rings. The average Bonchev–Trinajstić information content (AvgIpc) is 2.46. The van der Waals surface area contributed by atoms with E-state index in [0.717, 1.165) is 11.3 Å². The second kappa shape index (κ2) is 6.06. The number of aromatic nitrogens is 1. The maximum Gasteiger partial charge on any atom is 0.337 e. The highest BCUT2D eigenvalue weighted by atomic mass is 16.5. The molecule has 0 bridgehead atoms. The maximum atomic E-state index is 11.4. The molecule has 1 aromatic heterocycles. The molecule has 2 aromatic rings. The Labute approximate surface area is 117 Å². The van der Waals surface area contributed by atoms with Crippen LogP contribution in [0.2, 0.25) is 0 Å². The standard InChI is InChI=1S/C15H16N2O3/c1-10-4-3-7-17-13(10)9-20-14-6-5-11(8-12(14)16)15(18)19-2/h3-8H,9,16H2,1-2H3. The predicted octanol–water partition coefficient (Wildman–Crippen LogP) is 2.34. The Hall–Kier alpha value is -2.56. The van der Waals surface area contributed by atoms with Gasteiger partial charge in [0.2, 0.25) is 0 Å². The number of methoxy groups -OCH3 is 1. The lowest BCUT2D eigenvalue weighted by Crippen LogP contribution is -2.05. The van der Waals surface area contributed by atoms with Crippen molar-refractivity contribution in [1.29, 1.82) is 0 Å². The largest absolute Gasteiger partial charge is 0.485 e. The fourth-order valence-corrected chi connectivity index (χ4v) is 1.74. The molecule has 2 rings (SSSR count). The van der Waals surface area contributed by atoms with Crippen molar-refractivity contribution in [2.45, 2.75) is 13.5 Å². The summed E-state index contributed by atoms with van der Waals surface area (Å²) in [4.78, 5) is 15.6. The van der Waals surface area contributed by atoms with E-state index in [-0.39, 0.29) is 0 Å². The summed E-state index contributed by atoms with van der Waals surface area (Å²) >= 11 is 0. The fraction of sp³-hybridized carbons (Fsp3) is 0.200. The minimum atomic E-state index is -0.427. The SMILES string of the molecule is COC(=O)c1ccc(OCc2ncccc2C)c(N)c1. The van der Waals surface area contributed by atoms with Crippen molar-refractivity contribution in [2.75, 3.05) is 12.8 Å². The Morgan fingerprint density at radius 2 is 2.15 bits per heavy atom. The zero-order valence-corrected chi connectivity index (χ0v) is 11.4. The summed E-state index contributed by atoms with van der Waals surface area (Å²) in [5.74, 6) is 0.0894. The maximum absolute atomic E-state index is 11.4. The Balaban J connectivity index is 2.11. The molecule has 0 amide bonds. The highest BCUT2D eigenvalue weighted by Crippen LogP contribution is 2.24. The van der Waals surface area contributed by atoms with E-state index < -0.39 is 5.97 Å². The van der Waals surface area contributed by atoms with Gasteiger partial charge in [-0.3, -0.25) is 4.98 Å². The summed E-state index contributed by atoms with van der Waals surface area (Å²) in [5.41, 5.74) is 8.55. The normalized spacial score (nSPS) is 10.1. The molecular weight excluding hydrogens is 256 g/mol. The Morgan fingerprint density at radius 1 is 1.35 bits per heavy atom. The Morgan fingerprint density at radius 3 is 2.80 bits per heavy atom. The number of hydrogen-bond acceptors (Lipinski definition) is 5. The lowest BCUT2D eigenvalue weighted by molar-refractivity contribution is 0.0600. The number of rotatable bonds is 4. The van der Waals surface area contributed by atoms with E-state index >= 15 is 0 Å². The van der Waals surface area contributed by atoms with Crippen LogP contribution in [0, 0.1) is 6.92 Å². The van der Waals surface area contributed by atoms with Gasteiger partial charge in [-0.1, -0.05) is 6.07 Å². The van der Waals surface area contributed by atoms with Gasteiger partial charge >= 0.3 is 5.97 Å². The number of esters is 1. The van der Waals surface area contributed by atoms with Gasteiger partial charge in [-0.05, 0) is 36.8 Å². The first-order valence-corrected chi connectivity index (χ1v) is 6.13. The van der Waals surface area contributed by atoms with E-state index in [0.29, 0.717) is 23.6 Å². The molecule has 2 N–H and O–H groups in total. The van der Waals surface area contributed by atoms with Crippen LogP contribution in [0.3, 0.4) is 0 Å². The number of nitrogens with two attached hydrogens (primary N) is 1. The molecule has 104 valence electrons. The minimum Gasteiger partial charge on any atom is -0.485 e. The van der Waals surface area contributed by atoms with Gasteiger partial charge in [0.25, 0.3) is 0 Å². The van der Waals surface area contributed by atoms with Crippen molar-refractivity contribution >= 4 is 11.7 Å². The van der Waals surface area contributed by atoms with Gasteiger partial charge in [-0.15, -0.1) is 0 Å². The van der Waals surface area contributed by atoms with Crippen molar-refractivity contribution in [3.63, 3.8) is 0 Å². The summed E-state index contributed by atoms with van der Waals surface area (Å²) in [7, 11) is 1.33. The van der Waals surface area contributed by atoms with Crippen LogP contribution >= 0.6 is 0 Å². The van der Waals surface area contributed by atoms with Gasteiger partial charge in [-0.25, -0.2) is 4.79 Å². The third-order valence-electron chi connectivity index (χ3n) is 2.91. The van der Waals surface area contributed by atoms with Crippen LogP contribution in [-0.4, -0.2) is 18.1 Å². The number of benzene rings is 1. The monoisotopic (exact) mass is 272 g/mol. The van der Waals surface area contributed by atoms with Crippen LogP contribution in [0.15, 0.2) is 36.5 Å². The van der Waals surface area contributed by atoms with E-state index in [1.165, 1.54) is 13.2 Å². The first-order chi connectivity index (χ1) is 9.61. The third-order valence-corrected chi connectivity index (χ3v) is 2.91. The lowest BCUT2D eigenvalue weighted by atomic mass is 10.2. The van der Waals surface area contributed by atoms with Crippen LogP contribution in [0.5, 0.6) is 5.75 Å². The first-order valence-electron chi connectivity index (χ1n) is 6.13. The molecule has 0 aliphatic rings. The van der Waals surface area contributed by atoms with Crippen molar-refractivity contribution < 1.29 is 14.3 Å². The minimum absolute atomic E-state index is 0.328. The van der Waals surface area contributed by atoms with Crippen molar-refractivity contribution in [3.8, 4) is 5.75 Å². The van der Waals surface area contributed by atoms with Gasteiger partial charge in [-0.2, -0.15) is 0 Å². The quantitative estimate of drug-likeness (QED) is 0.683. The second-order valence-electron chi connectivity index (χ2n) is 4.30. The number of carbonyl (C=O) groups is 1. The smallest absolute Gasteiger partial charge is 0.337 e. The highest BCUT2D eigenvalue weighted by molar-refractivity contribution is 5.90. The molecule has 0 unspecified atom stereocenters. The average molecular weight is 272 g/mol. The van der Waals surface area contributed by atoms with Crippen LogP contribution in [0.1, 0.15) is 21.6 Å². The van der Waals surface area contributed by atoms with Crippen molar-refractivity contribution in [1.82, 2.24) is 4.98 Å². The Kier molecular flexibility index (Phi) is 4.20. The molecule has 0 aliphatic heterocycles. The van der Waals surface area contributed by atoms with Crippen LogP contribution in [-0.2, 0) is 11.3 Å². The molecule has 5 heteroatoms. The van der Waals surface area contributed by atoms with Crippen LogP contribution in [0.25, 0.3) is 0 Å². The molecule has 20 heavy (non-hydrogen) atoms. The van der Waals surface area contributed by atoms with E-state index in [4.69, 9.17) is 10.5 Å². The molecule has 5 nitrogen and oxygen atoms in total. The highest BCUT2D eigenvalue weighted by Gasteiger charge is 2.09. The number of ether oxygens (including phenoxy) is 2. The van der Waals surface area contributed by atoms with Gasteiger partial charge in [0, 0.05) is 6.20 Å². The summed E-state index contributed by atoms with van der Waals surface area (Å²) in [6.45, 7) is 2.30. The van der Waals surface area contributed by atoms with Gasteiger partial charge < -0.3 is 15.2 Å². The summed E-state index contributed by atoms with van der Waals surface area (Å²) in [6.07, 6.45) is 1.72. The fourth-order valence-electron chi connectivity index (χ4n) is 1.74. The zero-order valence-electron chi connectivity index (χ0n) is 11.4. The van der Waals surface area contributed by atoms with E-state index in [1.54, 1.807) is 18.3 Å². The zero-order chi connectivity index (χ0) is 14.5. The van der Waals surface area contributed by atoms with Crippen molar-refractivity contribution in [2.24, 2.45) is 0 Å². The van der Waals surface area contributed by atoms with E-state index in [9.17, 15) is 4.79 Å². The topological polar surface area (TPSA) is 74.4 Å². The number of nitrogens with zero attached hydrogens (tertiary/aromatic N) is 1. The molecule has 1 heterocycles. The molecular formula is C15H16N2O3. The van der Waals surface area contributed by atoms with E-state index in [2.05, 4.69) is 9.72 Å². The van der Waals surface area contributed by atoms with E-state index in [1.807, 2.05) is 19.1 Å².